The molecular weight excluding hydrogens is 334 g/mol. The van der Waals surface area contributed by atoms with Crippen LogP contribution in [0.15, 0.2) is 79.1 Å². The molecule has 0 radical (unpaired) electrons. The van der Waals surface area contributed by atoms with E-state index in [9.17, 15) is 4.79 Å². The predicted octanol–water partition coefficient (Wildman–Crippen LogP) is 4.33. The molecule has 0 unspecified atom stereocenters. The summed E-state index contributed by atoms with van der Waals surface area (Å²) in [5, 5.41) is 2.98. The van der Waals surface area contributed by atoms with Gasteiger partial charge in [0.2, 0.25) is 5.91 Å². The highest BCUT2D eigenvalue weighted by molar-refractivity contribution is 5.80. The van der Waals surface area contributed by atoms with Crippen molar-refractivity contribution in [1.29, 1.82) is 0 Å². The lowest BCUT2D eigenvalue weighted by atomic mass is 10.00. The van der Waals surface area contributed by atoms with Gasteiger partial charge in [-0.2, -0.15) is 0 Å². The van der Waals surface area contributed by atoms with E-state index in [2.05, 4.69) is 59.7 Å². The standard InChI is InChI=1S/C23H21N3O/c1-17-6-2-3-7-20(17)19-12-10-18(11-13-19)14-24-23(27)15-26-16-25-21-8-4-5-9-22(21)26/h2-13,16H,14-15H2,1H3,(H,24,27). The lowest BCUT2D eigenvalue weighted by Gasteiger charge is -2.09. The zero-order valence-electron chi connectivity index (χ0n) is 15.2. The average molecular weight is 355 g/mol. The van der Waals surface area contributed by atoms with Crippen molar-refractivity contribution in [2.75, 3.05) is 0 Å². The third-order valence-corrected chi connectivity index (χ3v) is 4.74. The molecule has 0 saturated heterocycles. The first-order chi connectivity index (χ1) is 13.2. The Labute approximate surface area is 158 Å². The van der Waals surface area contributed by atoms with Crippen molar-refractivity contribution in [2.24, 2.45) is 0 Å². The number of imidazole rings is 1. The van der Waals surface area contributed by atoms with Gasteiger partial charge in [0.15, 0.2) is 0 Å². The summed E-state index contributed by atoms with van der Waals surface area (Å²) in [5.74, 6) is -0.0267. The number of nitrogens with zero attached hydrogens (tertiary/aromatic N) is 2. The van der Waals surface area contributed by atoms with Crippen LogP contribution in [0.5, 0.6) is 0 Å². The van der Waals surface area contributed by atoms with Crippen molar-refractivity contribution in [3.8, 4) is 11.1 Å². The first-order valence-electron chi connectivity index (χ1n) is 9.02. The van der Waals surface area contributed by atoms with E-state index in [0.717, 1.165) is 16.6 Å². The molecule has 0 spiro atoms. The van der Waals surface area contributed by atoms with Crippen LogP contribution in [0.1, 0.15) is 11.1 Å². The van der Waals surface area contributed by atoms with E-state index in [-0.39, 0.29) is 12.5 Å². The largest absolute Gasteiger partial charge is 0.350 e. The first-order valence-corrected chi connectivity index (χ1v) is 9.02. The molecule has 0 atom stereocenters. The van der Waals surface area contributed by atoms with Crippen molar-refractivity contribution < 1.29 is 4.79 Å². The van der Waals surface area contributed by atoms with Crippen LogP contribution in [0.25, 0.3) is 22.2 Å². The van der Waals surface area contributed by atoms with E-state index in [0.29, 0.717) is 6.54 Å². The molecule has 0 fully saturated rings. The lowest BCUT2D eigenvalue weighted by Crippen LogP contribution is -2.26. The van der Waals surface area contributed by atoms with Crippen molar-refractivity contribution in [1.82, 2.24) is 14.9 Å². The molecule has 27 heavy (non-hydrogen) atoms. The highest BCUT2D eigenvalue weighted by Gasteiger charge is 2.07. The molecule has 0 aliphatic heterocycles. The maximum absolute atomic E-state index is 12.3. The number of hydrogen-bond acceptors (Lipinski definition) is 2. The Morgan fingerprint density at radius 1 is 0.963 bits per heavy atom. The summed E-state index contributed by atoms with van der Waals surface area (Å²) >= 11 is 0. The number of aromatic nitrogens is 2. The second kappa shape index (κ2) is 7.46. The molecule has 134 valence electrons. The van der Waals surface area contributed by atoms with Crippen molar-refractivity contribution in [3.63, 3.8) is 0 Å². The van der Waals surface area contributed by atoms with Gasteiger partial charge in [-0.1, -0.05) is 60.7 Å². The Kier molecular flexibility index (Phi) is 4.71. The van der Waals surface area contributed by atoms with Crippen molar-refractivity contribution in [3.05, 3.63) is 90.3 Å². The minimum Gasteiger partial charge on any atom is -0.350 e. The van der Waals surface area contributed by atoms with Gasteiger partial charge in [0, 0.05) is 6.54 Å². The van der Waals surface area contributed by atoms with Crippen LogP contribution in [-0.4, -0.2) is 15.5 Å². The normalized spacial score (nSPS) is 10.9. The Hall–Kier alpha value is -3.40. The zero-order valence-corrected chi connectivity index (χ0v) is 15.2. The summed E-state index contributed by atoms with van der Waals surface area (Å²) < 4.78 is 1.87. The summed E-state index contributed by atoms with van der Waals surface area (Å²) in [6.07, 6.45) is 1.71. The van der Waals surface area contributed by atoms with Crippen LogP contribution < -0.4 is 5.32 Å². The number of para-hydroxylation sites is 2. The molecule has 0 aliphatic rings. The van der Waals surface area contributed by atoms with Gasteiger partial charge in [0.1, 0.15) is 6.54 Å². The van der Waals surface area contributed by atoms with E-state index < -0.39 is 0 Å². The lowest BCUT2D eigenvalue weighted by molar-refractivity contribution is -0.121. The molecule has 3 aromatic carbocycles. The van der Waals surface area contributed by atoms with Crippen LogP contribution in [0.3, 0.4) is 0 Å². The highest BCUT2D eigenvalue weighted by Crippen LogP contribution is 2.23. The molecule has 4 rings (SSSR count). The fraction of sp³-hybridized carbons (Fsp3) is 0.130. The number of amides is 1. The first kappa shape index (κ1) is 17.0. The monoisotopic (exact) mass is 355 g/mol. The van der Waals surface area contributed by atoms with Gasteiger partial charge in [-0.15, -0.1) is 0 Å². The van der Waals surface area contributed by atoms with Crippen LogP contribution in [0.2, 0.25) is 0 Å². The van der Waals surface area contributed by atoms with Gasteiger partial charge in [0.25, 0.3) is 0 Å². The number of nitrogens with one attached hydrogen (secondary N) is 1. The van der Waals surface area contributed by atoms with E-state index in [1.54, 1.807) is 6.33 Å². The average Bonchev–Trinajstić information content (AvgIpc) is 3.10. The summed E-state index contributed by atoms with van der Waals surface area (Å²) in [6, 6.07) is 24.5. The molecule has 4 heteroatoms. The summed E-state index contributed by atoms with van der Waals surface area (Å²) in [7, 11) is 0. The highest BCUT2D eigenvalue weighted by atomic mass is 16.1. The van der Waals surface area contributed by atoms with E-state index in [1.807, 2.05) is 34.9 Å². The molecule has 0 aliphatic carbocycles. The number of benzene rings is 3. The number of carbonyl (C=O) groups excluding carboxylic acids is 1. The second-order valence-corrected chi connectivity index (χ2v) is 6.65. The number of fused-ring (bicyclic) bond motifs is 1. The van der Waals surface area contributed by atoms with Gasteiger partial charge in [-0.05, 0) is 41.3 Å². The second-order valence-electron chi connectivity index (χ2n) is 6.65. The SMILES string of the molecule is Cc1ccccc1-c1ccc(CNC(=O)Cn2cnc3ccccc32)cc1. The topological polar surface area (TPSA) is 46.9 Å². The quantitative estimate of drug-likeness (QED) is 0.579. The Balaban J connectivity index is 1.38. The zero-order chi connectivity index (χ0) is 18.6. The third kappa shape index (κ3) is 3.75. The molecular formula is C23H21N3O. The van der Waals surface area contributed by atoms with Crippen LogP contribution in [0, 0.1) is 6.92 Å². The van der Waals surface area contributed by atoms with Gasteiger partial charge in [0.05, 0.1) is 17.4 Å². The number of rotatable bonds is 5. The maximum atomic E-state index is 12.3. The molecule has 1 heterocycles. The Morgan fingerprint density at radius 3 is 2.52 bits per heavy atom. The van der Waals surface area contributed by atoms with Gasteiger partial charge in [-0.3, -0.25) is 4.79 Å². The van der Waals surface area contributed by atoms with Gasteiger partial charge < -0.3 is 9.88 Å². The van der Waals surface area contributed by atoms with Crippen LogP contribution in [-0.2, 0) is 17.9 Å². The van der Waals surface area contributed by atoms with Crippen LogP contribution >= 0.6 is 0 Å². The number of carbonyl (C=O) groups is 1. The van der Waals surface area contributed by atoms with Crippen LogP contribution in [0.4, 0.5) is 0 Å². The van der Waals surface area contributed by atoms with Crippen molar-refractivity contribution >= 4 is 16.9 Å². The maximum Gasteiger partial charge on any atom is 0.240 e. The smallest absolute Gasteiger partial charge is 0.240 e. The number of aryl methyl sites for hydroxylation is 1. The van der Waals surface area contributed by atoms with E-state index in [4.69, 9.17) is 0 Å². The van der Waals surface area contributed by atoms with Gasteiger partial charge in [-0.25, -0.2) is 4.98 Å². The van der Waals surface area contributed by atoms with E-state index in [1.165, 1.54) is 16.7 Å². The molecule has 4 nitrogen and oxygen atoms in total. The summed E-state index contributed by atoms with van der Waals surface area (Å²) in [4.78, 5) is 16.6. The summed E-state index contributed by atoms with van der Waals surface area (Å²) in [5.41, 5.74) is 6.63. The fourth-order valence-electron chi connectivity index (χ4n) is 3.25. The molecule has 4 aromatic rings. The molecule has 0 saturated carbocycles. The Bertz CT molecular complexity index is 1080. The Morgan fingerprint density at radius 2 is 1.70 bits per heavy atom. The minimum absolute atomic E-state index is 0.0267. The molecule has 1 aromatic heterocycles. The van der Waals surface area contributed by atoms with Gasteiger partial charge >= 0.3 is 0 Å². The minimum atomic E-state index is -0.0267. The molecule has 1 amide bonds. The number of hydrogen-bond donors (Lipinski definition) is 1. The van der Waals surface area contributed by atoms with Crippen molar-refractivity contribution in [2.45, 2.75) is 20.0 Å². The summed E-state index contributed by atoms with van der Waals surface area (Å²) in [6.45, 7) is 2.89. The fourth-order valence-corrected chi connectivity index (χ4v) is 3.25. The van der Waals surface area contributed by atoms with E-state index >= 15 is 0 Å². The third-order valence-electron chi connectivity index (χ3n) is 4.74. The predicted molar refractivity (Wildman–Crippen MR) is 108 cm³/mol. The molecule has 1 N–H and O–H groups in total. The molecule has 0 bridgehead atoms.